The molecule has 0 amide bonds. The fourth-order valence-electron chi connectivity index (χ4n) is 3.92. The van der Waals surface area contributed by atoms with Gasteiger partial charge in [0.1, 0.15) is 0 Å². The summed E-state index contributed by atoms with van der Waals surface area (Å²) in [6.45, 7) is 0. The highest BCUT2D eigenvalue weighted by molar-refractivity contribution is 5.68. The Balaban J connectivity index is 1.69. The number of fused-ring (bicyclic) bond motifs is 5. The van der Waals surface area contributed by atoms with Crippen LogP contribution in [0.25, 0.3) is 5.57 Å². The van der Waals surface area contributed by atoms with E-state index < -0.39 is 0 Å². The van der Waals surface area contributed by atoms with Gasteiger partial charge >= 0.3 is 0 Å². The monoisotopic (exact) mass is 208 g/mol. The molecule has 0 nitrogen and oxygen atoms in total. The average molecular weight is 208 g/mol. The molecule has 0 aliphatic heterocycles. The van der Waals surface area contributed by atoms with Crippen molar-refractivity contribution < 1.29 is 0 Å². The first-order chi connectivity index (χ1) is 7.92. The van der Waals surface area contributed by atoms with Gasteiger partial charge in [-0.1, -0.05) is 48.6 Å². The van der Waals surface area contributed by atoms with Gasteiger partial charge in [0.2, 0.25) is 0 Å². The van der Waals surface area contributed by atoms with Crippen LogP contribution in [-0.2, 0) is 0 Å². The molecule has 3 aliphatic carbocycles. The fourth-order valence-corrected chi connectivity index (χ4v) is 3.92. The Morgan fingerprint density at radius 2 is 1.75 bits per heavy atom. The minimum absolute atomic E-state index is 0.852. The smallest absolute Gasteiger partial charge is 0.0127 e. The lowest BCUT2D eigenvalue weighted by Crippen LogP contribution is -2.12. The molecule has 1 aromatic rings. The first-order valence-corrected chi connectivity index (χ1v) is 6.36. The minimum atomic E-state index is 0.852. The standard InChI is InChI=1S/C16H16/c1-2-4-11(5-3-1)14-9-15-12-6-7-13(8-12)16(15)10-14/h1-7,9,12-13,15-16H,8,10H2. The topological polar surface area (TPSA) is 0 Å². The Labute approximate surface area is 96.7 Å². The van der Waals surface area contributed by atoms with Gasteiger partial charge in [-0.2, -0.15) is 0 Å². The second kappa shape index (κ2) is 3.10. The third kappa shape index (κ3) is 1.10. The van der Waals surface area contributed by atoms with E-state index in [1.165, 1.54) is 18.4 Å². The Kier molecular flexibility index (Phi) is 1.71. The zero-order chi connectivity index (χ0) is 10.5. The molecule has 4 rings (SSSR count). The van der Waals surface area contributed by atoms with E-state index in [1.807, 2.05) is 0 Å². The summed E-state index contributed by atoms with van der Waals surface area (Å²) in [6, 6.07) is 10.9. The summed E-state index contributed by atoms with van der Waals surface area (Å²) >= 11 is 0. The molecular weight excluding hydrogens is 192 g/mol. The summed E-state index contributed by atoms with van der Waals surface area (Å²) in [4.78, 5) is 0. The van der Waals surface area contributed by atoms with Crippen LogP contribution in [0.5, 0.6) is 0 Å². The number of hydrogen-bond donors (Lipinski definition) is 0. The molecule has 3 aliphatic rings. The van der Waals surface area contributed by atoms with Gasteiger partial charge in [-0.25, -0.2) is 0 Å². The highest BCUT2D eigenvalue weighted by Crippen LogP contribution is 2.55. The van der Waals surface area contributed by atoms with Crippen molar-refractivity contribution in [3.05, 3.63) is 54.1 Å². The first kappa shape index (κ1) is 8.81. The van der Waals surface area contributed by atoms with E-state index in [0.717, 1.165) is 23.7 Å². The quantitative estimate of drug-likeness (QED) is 0.614. The molecular formula is C16H16. The van der Waals surface area contributed by atoms with Gasteiger partial charge in [0.05, 0.1) is 0 Å². The van der Waals surface area contributed by atoms with E-state index in [2.05, 4.69) is 48.6 Å². The summed E-state index contributed by atoms with van der Waals surface area (Å²) < 4.78 is 0. The molecule has 0 N–H and O–H groups in total. The molecule has 0 saturated heterocycles. The van der Waals surface area contributed by atoms with Gasteiger partial charge in [-0.15, -0.1) is 0 Å². The zero-order valence-corrected chi connectivity index (χ0v) is 9.34. The van der Waals surface area contributed by atoms with Crippen LogP contribution in [0.2, 0.25) is 0 Å². The second-order valence-electron chi connectivity index (χ2n) is 5.45. The molecule has 2 bridgehead atoms. The van der Waals surface area contributed by atoms with Gasteiger partial charge in [0.25, 0.3) is 0 Å². The van der Waals surface area contributed by atoms with Crippen LogP contribution in [0.15, 0.2) is 48.6 Å². The summed E-state index contributed by atoms with van der Waals surface area (Å²) in [5.41, 5.74) is 3.03. The van der Waals surface area contributed by atoms with Crippen LogP contribution in [0, 0.1) is 23.7 Å². The largest absolute Gasteiger partial charge is 0.0848 e. The van der Waals surface area contributed by atoms with E-state index in [-0.39, 0.29) is 0 Å². The Morgan fingerprint density at radius 1 is 0.938 bits per heavy atom. The third-order valence-electron chi connectivity index (χ3n) is 4.68. The second-order valence-corrected chi connectivity index (χ2v) is 5.45. The maximum absolute atomic E-state index is 2.56. The molecule has 1 aromatic carbocycles. The lowest BCUT2D eigenvalue weighted by atomic mass is 9.85. The summed E-state index contributed by atoms with van der Waals surface area (Å²) in [6.07, 6.45) is 10.2. The molecule has 0 heterocycles. The van der Waals surface area contributed by atoms with Crippen molar-refractivity contribution in [2.24, 2.45) is 23.7 Å². The SMILES string of the molecule is C1=CC2CC1C1C=C(c3ccccc3)CC21. The molecule has 4 atom stereocenters. The molecule has 0 spiro atoms. The number of benzene rings is 1. The molecule has 0 heteroatoms. The van der Waals surface area contributed by atoms with Crippen LogP contribution in [0.1, 0.15) is 18.4 Å². The highest BCUT2D eigenvalue weighted by atomic mass is 14.5. The van der Waals surface area contributed by atoms with E-state index in [4.69, 9.17) is 0 Å². The summed E-state index contributed by atoms with van der Waals surface area (Å²) in [5.74, 6) is 3.51. The normalized spacial score (nSPS) is 38.9. The lowest BCUT2D eigenvalue weighted by Gasteiger charge is -2.19. The van der Waals surface area contributed by atoms with Crippen molar-refractivity contribution in [3.63, 3.8) is 0 Å². The van der Waals surface area contributed by atoms with E-state index in [9.17, 15) is 0 Å². The Bertz CT molecular complexity index is 466. The van der Waals surface area contributed by atoms with Crippen molar-refractivity contribution >= 4 is 5.57 Å². The average Bonchev–Trinajstić information content (AvgIpc) is 3.02. The van der Waals surface area contributed by atoms with Crippen molar-refractivity contribution in [2.75, 3.05) is 0 Å². The van der Waals surface area contributed by atoms with Crippen molar-refractivity contribution in [2.45, 2.75) is 12.8 Å². The van der Waals surface area contributed by atoms with Crippen LogP contribution in [0.3, 0.4) is 0 Å². The predicted octanol–water partition coefficient (Wildman–Crippen LogP) is 3.91. The van der Waals surface area contributed by atoms with Gasteiger partial charge in [0, 0.05) is 0 Å². The predicted molar refractivity (Wildman–Crippen MR) is 66.8 cm³/mol. The highest BCUT2D eigenvalue weighted by Gasteiger charge is 2.46. The van der Waals surface area contributed by atoms with E-state index in [0.29, 0.717) is 0 Å². The van der Waals surface area contributed by atoms with Gasteiger partial charge < -0.3 is 0 Å². The molecule has 80 valence electrons. The third-order valence-corrected chi connectivity index (χ3v) is 4.68. The summed E-state index contributed by atoms with van der Waals surface area (Å²) in [7, 11) is 0. The van der Waals surface area contributed by atoms with E-state index >= 15 is 0 Å². The van der Waals surface area contributed by atoms with Crippen molar-refractivity contribution in [3.8, 4) is 0 Å². The Hall–Kier alpha value is -1.30. The van der Waals surface area contributed by atoms with Crippen molar-refractivity contribution in [1.29, 1.82) is 0 Å². The fraction of sp³-hybridized carbons (Fsp3) is 0.375. The molecule has 0 aromatic heterocycles. The maximum Gasteiger partial charge on any atom is -0.0127 e. The Morgan fingerprint density at radius 3 is 2.56 bits per heavy atom. The van der Waals surface area contributed by atoms with Crippen LogP contribution in [-0.4, -0.2) is 0 Å². The van der Waals surface area contributed by atoms with Gasteiger partial charge in [0.15, 0.2) is 0 Å². The van der Waals surface area contributed by atoms with Crippen molar-refractivity contribution in [1.82, 2.24) is 0 Å². The molecule has 0 radical (unpaired) electrons. The van der Waals surface area contributed by atoms with Crippen LogP contribution in [0.4, 0.5) is 0 Å². The number of rotatable bonds is 1. The summed E-state index contributed by atoms with van der Waals surface area (Å²) in [5, 5.41) is 0. The van der Waals surface area contributed by atoms with Crippen LogP contribution < -0.4 is 0 Å². The molecule has 1 saturated carbocycles. The molecule has 16 heavy (non-hydrogen) atoms. The number of hydrogen-bond acceptors (Lipinski definition) is 0. The molecule has 1 fully saturated rings. The molecule has 4 unspecified atom stereocenters. The maximum atomic E-state index is 2.56. The first-order valence-electron chi connectivity index (χ1n) is 6.36. The minimum Gasteiger partial charge on any atom is -0.0848 e. The lowest BCUT2D eigenvalue weighted by molar-refractivity contribution is 0.399. The van der Waals surface area contributed by atoms with Gasteiger partial charge in [-0.3, -0.25) is 0 Å². The number of allylic oxidation sites excluding steroid dienone is 4. The van der Waals surface area contributed by atoms with Crippen LogP contribution >= 0.6 is 0 Å². The van der Waals surface area contributed by atoms with Gasteiger partial charge in [-0.05, 0) is 47.6 Å². The zero-order valence-electron chi connectivity index (χ0n) is 9.34. The van der Waals surface area contributed by atoms with E-state index in [1.54, 1.807) is 5.57 Å².